The number of hydrogen-bond donors (Lipinski definition) is 0. The maximum absolute atomic E-state index is 11.8. The summed E-state index contributed by atoms with van der Waals surface area (Å²) >= 11 is 0. The van der Waals surface area contributed by atoms with E-state index in [-0.39, 0.29) is 12.0 Å². The van der Waals surface area contributed by atoms with Gasteiger partial charge in [0.15, 0.2) is 0 Å². The lowest BCUT2D eigenvalue weighted by molar-refractivity contribution is -0.138. The van der Waals surface area contributed by atoms with E-state index in [1.54, 1.807) is 0 Å². The summed E-state index contributed by atoms with van der Waals surface area (Å²) in [5.41, 5.74) is 0. The Hall–Kier alpha value is -0.136. The highest BCUT2D eigenvalue weighted by molar-refractivity contribution is 6.73. The standard InChI is InChI=1S/C10H25NO2Si2/c1-9(11(2)14(3,4)5)10(12)13-15(6,7)8/h9H,1-8H3. The molecule has 0 N–H and O–H groups in total. The lowest BCUT2D eigenvalue weighted by Gasteiger charge is -2.35. The van der Waals surface area contributed by atoms with E-state index in [0.717, 1.165) is 0 Å². The van der Waals surface area contributed by atoms with Crippen LogP contribution in [0.15, 0.2) is 0 Å². The van der Waals surface area contributed by atoms with Crippen LogP contribution in [0.4, 0.5) is 0 Å². The molecule has 0 saturated heterocycles. The molecule has 0 aromatic carbocycles. The van der Waals surface area contributed by atoms with Gasteiger partial charge in [-0.05, 0) is 33.6 Å². The van der Waals surface area contributed by atoms with Crippen molar-refractivity contribution in [1.82, 2.24) is 4.57 Å². The van der Waals surface area contributed by atoms with Crippen LogP contribution in [0.1, 0.15) is 6.92 Å². The van der Waals surface area contributed by atoms with Crippen molar-refractivity contribution in [2.45, 2.75) is 52.2 Å². The van der Waals surface area contributed by atoms with E-state index in [9.17, 15) is 4.79 Å². The van der Waals surface area contributed by atoms with Crippen molar-refractivity contribution in [2.24, 2.45) is 0 Å². The molecule has 5 heteroatoms. The monoisotopic (exact) mass is 247 g/mol. The van der Waals surface area contributed by atoms with Gasteiger partial charge in [-0.3, -0.25) is 4.79 Å². The minimum absolute atomic E-state index is 0.0703. The van der Waals surface area contributed by atoms with Crippen molar-refractivity contribution in [2.75, 3.05) is 7.05 Å². The number of nitrogens with zero attached hydrogens (tertiary/aromatic N) is 1. The van der Waals surface area contributed by atoms with Gasteiger partial charge in [0.1, 0.15) is 8.24 Å². The molecule has 0 heterocycles. The van der Waals surface area contributed by atoms with Crippen LogP contribution < -0.4 is 0 Å². The molecule has 0 saturated carbocycles. The molecular formula is C10H25NO2Si2. The summed E-state index contributed by atoms with van der Waals surface area (Å²) in [6.45, 7) is 14.7. The largest absolute Gasteiger partial charge is 0.519 e. The van der Waals surface area contributed by atoms with Gasteiger partial charge < -0.3 is 8.99 Å². The van der Waals surface area contributed by atoms with E-state index in [1.165, 1.54) is 0 Å². The molecule has 0 aliphatic carbocycles. The molecule has 90 valence electrons. The summed E-state index contributed by atoms with van der Waals surface area (Å²) in [7, 11) is -1.15. The van der Waals surface area contributed by atoms with Crippen molar-refractivity contribution in [1.29, 1.82) is 0 Å². The number of rotatable bonds is 4. The third kappa shape index (κ3) is 5.48. The molecule has 0 bridgehead atoms. The number of likely N-dealkylation sites (N-methyl/N-ethyl adjacent to an activating group) is 1. The molecule has 0 aliphatic heterocycles. The second-order valence-electron chi connectivity index (χ2n) is 5.99. The van der Waals surface area contributed by atoms with Gasteiger partial charge in [-0.25, -0.2) is 0 Å². The van der Waals surface area contributed by atoms with Gasteiger partial charge in [0.25, 0.3) is 0 Å². The molecule has 0 aromatic rings. The summed E-state index contributed by atoms with van der Waals surface area (Å²) in [6.07, 6.45) is 0. The number of carbonyl (C=O) groups is 1. The SMILES string of the molecule is CC(C(=O)O[Si](C)(C)C)N(C)[Si](C)(C)C. The van der Waals surface area contributed by atoms with Crippen molar-refractivity contribution in [3.05, 3.63) is 0 Å². The molecule has 0 aromatic heterocycles. The molecule has 1 atom stereocenters. The van der Waals surface area contributed by atoms with Crippen LogP contribution in [0, 0.1) is 0 Å². The third-order valence-electron chi connectivity index (χ3n) is 2.39. The van der Waals surface area contributed by atoms with Crippen molar-refractivity contribution in [3.8, 4) is 0 Å². The van der Waals surface area contributed by atoms with Crippen LogP contribution >= 0.6 is 0 Å². The normalized spacial score (nSPS) is 15.3. The fraction of sp³-hybridized carbons (Fsp3) is 0.900. The van der Waals surface area contributed by atoms with Gasteiger partial charge >= 0.3 is 5.97 Å². The summed E-state index contributed by atoms with van der Waals surface area (Å²) in [5.74, 6) is -0.0703. The van der Waals surface area contributed by atoms with E-state index in [4.69, 9.17) is 4.43 Å². The Kier molecular flexibility index (Phi) is 4.76. The quantitative estimate of drug-likeness (QED) is 0.715. The van der Waals surface area contributed by atoms with E-state index < -0.39 is 16.6 Å². The van der Waals surface area contributed by atoms with Gasteiger partial charge in [-0.1, -0.05) is 19.6 Å². The Morgan fingerprint density at radius 2 is 1.53 bits per heavy atom. The molecule has 0 spiro atoms. The first-order chi connectivity index (χ1) is 6.45. The third-order valence-corrected chi connectivity index (χ3v) is 5.70. The highest BCUT2D eigenvalue weighted by atomic mass is 28.4. The van der Waals surface area contributed by atoms with Crippen molar-refractivity contribution in [3.63, 3.8) is 0 Å². The Morgan fingerprint density at radius 3 is 1.80 bits per heavy atom. The smallest absolute Gasteiger partial charge is 0.309 e. The average molecular weight is 247 g/mol. The molecule has 0 fully saturated rings. The Labute approximate surface area is 96.0 Å². The van der Waals surface area contributed by atoms with Gasteiger partial charge in [0.05, 0.1) is 6.04 Å². The molecule has 0 aliphatic rings. The van der Waals surface area contributed by atoms with E-state index in [2.05, 4.69) is 24.2 Å². The number of carbonyl (C=O) groups excluding carboxylic acids is 1. The van der Waals surface area contributed by atoms with Crippen molar-refractivity contribution < 1.29 is 9.22 Å². The first-order valence-electron chi connectivity index (χ1n) is 5.41. The summed E-state index contributed by atoms with van der Waals surface area (Å²) < 4.78 is 7.67. The Bertz CT molecular complexity index is 231. The van der Waals surface area contributed by atoms with Gasteiger partial charge in [-0.2, -0.15) is 0 Å². The predicted octanol–water partition coefficient (Wildman–Crippen LogP) is 2.52. The van der Waals surface area contributed by atoms with Crippen LogP contribution in [0.25, 0.3) is 0 Å². The maximum Gasteiger partial charge on any atom is 0.309 e. The predicted molar refractivity (Wildman–Crippen MR) is 70.0 cm³/mol. The Balaban J connectivity index is 4.46. The molecule has 0 amide bonds. The minimum Gasteiger partial charge on any atom is -0.519 e. The maximum atomic E-state index is 11.8. The first-order valence-corrected chi connectivity index (χ1v) is 12.3. The van der Waals surface area contributed by atoms with E-state index in [0.29, 0.717) is 0 Å². The van der Waals surface area contributed by atoms with E-state index in [1.807, 2.05) is 33.6 Å². The van der Waals surface area contributed by atoms with Crippen molar-refractivity contribution >= 4 is 22.5 Å². The lowest BCUT2D eigenvalue weighted by Crippen LogP contribution is -2.52. The average Bonchev–Trinajstić information content (AvgIpc) is 1.96. The Morgan fingerprint density at radius 1 is 1.13 bits per heavy atom. The molecular weight excluding hydrogens is 222 g/mol. The van der Waals surface area contributed by atoms with Crippen LogP contribution in [-0.4, -0.2) is 40.2 Å². The zero-order valence-electron chi connectivity index (χ0n) is 11.3. The van der Waals surface area contributed by atoms with Gasteiger partial charge in [0, 0.05) is 0 Å². The molecule has 3 nitrogen and oxygen atoms in total. The topological polar surface area (TPSA) is 29.5 Å². The summed E-state index contributed by atoms with van der Waals surface area (Å²) in [4.78, 5) is 11.8. The van der Waals surface area contributed by atoms with E-state index >= 15 is 0 Å². The zero-order valence-corrected chi connectivity index (χ0v) is 13.3. The molecule has 0 radical (unpaired) electrons. The van der Waals surface area contributed by atoms with Gasteiger partial charge in [-0.15, -0.1) is 0 Å². The summed E-state index contributed by atoms with van der Waals surface area (Å²) in [6, 6.07) is -0.122. The second kappa shape index (κ2) is 4.80. The zero-order chi connectivity index (χ0) is 12.4. The molecule has 15 heavy (non-hydrogen) atoms. The lowest BCUT2D eigenvalue weighted by atomic mass is 10.4. The summed E-state index contributed by atoms with van der Waals surface area (Å²) in [5, 5.41) is 0. The second-order valence-corrected chi connectivity index (χ2v) is 15.5. The minimum atomic E-state index is -1.75. The highest BCUT2D eigenvalue weighted by Crippen LogP contribution is 2.14. The number of hydrogen-bond acceptors (Lipinski definition) is 3. The fourth-order valence-corrected chi connectivity index (χ4v) is 3.17. The molecule has 1 unspecified atom stereocenters. The highest BCUT2D eigenvalue weighted by Gasteiger charge is 2.31. The van der Waals surface area contributed by atoms with Crippen LogP contribution in [0.5, 0.6) is 0 Å². The molecule has 0 rings (SSSR count). The fourth-order valence-electron chi connectivity index (χ4n) is 1.13. The van der Waals surface area contributed by atoms with Gasteiger partial charge in [0.2, 0.25) is 8.32 Å². The van der Waals surface area contributed by atoms with Crippen LogP contribution in [0.2, 0.25) is 39.3 Å². The van der Waals surface area contributed by atoms with Crippen LogP contribution in [0.3, 0.4) is 0 Å². The first kappa shape index (κ1) is 14.9. The van der Waals surface area contributed by atoms with Crippen LogP contribution in [-0.2, 0) is 9.22 Å².